The van der Waals surface area contributed by atoms with Crippen molar-refractivity contribution in [3.05, 3.63) is 0 Å². The van der Waals surface area contributed by atoms with Gasteiger partial charge in [-0.15, -0.1) is 0 Å². The largest absolute Gasteiger partial charge is 0.396 e. The van der Waals surface area contributed by atoms with E-state index < -0.39 is 0 Å². The van der Waals surface area contributed by atoms with Crippen LogP contribution in [0.25, 0.3) is 0 Å². The predicted molar refractivity (Wildman–Crippen MR) is 61.6 cm³/mol. The van der Waals surface area contributed by atoms with E-state index in [0.717, 1.165) is 32.6 Å². The summed E-state index contributed by atoms with van der Waals surface area (Å²) in [5, 5.41) is 12.3. The van der Waals surface area contributed by atoms with Crippen molar-refractivity contribution in [2.75, 3.05) is 32.8 Å². The quantitative estimate of drug-likeness (QED) is 0.587. The minimum atomic E-state index is 0.279. The Bertz CT molecular complexity index is 114. The van der Waals surface area contributed by atoms with Gasteiger partial charge in [-0.3, -0.25) is 0 Å². The standard InChI is InChI=1S/C11H26N2O/c1-4-8-13(6-3)10-11(7-9-14)12-5-2/h11-12,14H,4-10H2,1-3H3. The van der Waals surface area contributed by atoms with Gasteiger partial charge in [0.2, 0.25) is 0 Å². The van der Waals surface area contributed by atoms with Crippen molar-refractivity contribution < 1.29 is 5.11 Å². The van der Waals surface area contributed by atoms with Gasteiger partial charge in [-0.2, -0.15) is 0 Å². The van der Waals surface area contributed by atoms with Crippen LogP contribution >= 0.6 is 0 Å². The molecule has 0 aromatic heterocycles. The van der Waals surface area contributed by atoms with Gasteiger partial charge in [0.15, 0.2) is 0 Å². The molecule has 2 N–H and O–H groups in total. The highest BCUT2D eigenvalue weighted by Gasteiger charge is 2.10. The fraction of sp³-hybridized carbons (Fsp3) is 1.00. The maximum absolute atomic E-state index is 8.92. The first kappa shape index (κ1) is 13.9. The number of rotatable bonds is 9. The lowest BCUT2D eigenvalue weighted by Crippen LogP contribution is -2.41. The Morgan fingerprint density at radius 2 is 2.00 bits per heavy atom. The van der Waals surface area contributed by atoms with Crippen molar-refractivity contribution in [1.82, 2.24) is 10.2 Å². The first-order valence-corrected chi connectivity index (χ1v) is 5.84. The van der Waals surface area contributed by atoms with E-state index in [-0.39, 0.29) is 6.61 Å². The summed E-state index contributed by atoms with van der Waals surface area (Å²) in [4.78, 5) is 2.43. The molecule has 0 aliphatic rings. The lowest BCUT2D eigenvalue weighted by Gasteiger charge is -2.26. The number of aliphatic hydroxyl groups is 1. The lowest BCUT2D eigenvalue weighted by molar-refractivity contribution is 0.214. The molecular formula is C11H26N2O. The van der Waals surface area contributed by atoms with Crippen LogP contribution in [0, 0.1) is 0 Å². The maximum atomic E-state index is 8.92. The van der Waals surface area contributed by atoms with Gasteiger partial charge in [-0.25, -0.2) is 0 Å². The number of nitrogens with one attached hydrogen (secondary N) is 1. The molecule has 0 aromatic carbocycles. The molecule has 0 aliphatic carbocycles. The molecule has 0 rings (SSSR count). The number of likely N-dealkylation sites (N-methyl/N-ethyl adjacent to an activating group) is 2. The Labute approximate surface area is 88.5 Å². The van der Waals surface area contributed by atoms with E-state index >= 15 is 0 Å². The highest BCUT2D eigenvalue weighted by molar-refractivity contribution is 4.70. The first-order chi connectivity index (χ1) is 6.78. The summed E-state index contributed by atoms with van der Waals surface area (Å²) in [7, 11) is 0. The summed E-state index contributed by atoms with van der Waals surface area (Å²) in [6.07, 6.45) is 2.06. The van der Waals surface area contributed by atoms with Gasteiger partial charge < -0.3 is 15.3 Å². The summed E-state index contributed by atoms with van der Waals surface area (Å²) >= 11 is 0. The Balaban J connectivity index is 3.83. The van der Waals surface area contributed by atoms with Crippen LogP contribution in [0.15, 0.2) is 0 Å². The van der Waals surface area contributed by atoms with Crippen molar-refractivity contribution in [1.29, 1.82) is 0 Å². The van der Waals surface area contributed by atoms with E-state index in [4.69, 9.17) is 5.11 Å². The predicted octanol–water partition coefficient (Wildman–Crippen LogP) is 1.08. The third-order valence-corrected chi connectivity index (χ3v) is 2.44. The third kappa shape index (κ3) is 6.35. The van der Waals surface area contributed by atoms with Crippen molar-refractivity contribution in [2.24, 2.45) is 0 Å². The molecule has 0 saturated carbocycles. The SMILES string of the molecule is CCCN(CC)CC(CCO)NCC. The van der Waals surface area contributed by atoms with Crippen LogP contribution in [0.5, 0.6) is 0 Å². The summed E-state index contributed by atoms with van der Waals surface area (Å²) in [6, 6.07) is 0.441. The maximum Gasteiger partial charge on any atom is 0.0446 e. The molecule has 0 radical (unpaired) electrons. The van der Waals surface area contributed by atoms with E-state index in [1.54, 1.807) is 0 Å². The summed E-state index contributed by atoms with van der Waals surface area (Å²) < 4.78 is 0. The van der Waals surface area contributed by atoms with Crippen LogP contribution in [-0.4, -0.2) is 48.8 Å². The number of aliphatic hydroxyl groups excluding tert-OH is 1. The second kappa shape index (κ2) is 9.44. The van der Waals surface area contributed by atoms with Gasteiger partial charge in [-0.1, -0.05) is 20.8 Å². The van der Waals surface area contributed by atoms with Crippen LogP contribution < -0.4 is 5.32 Å². The number of hydrogen-bond donors (Lipinski definition) is 2. The van der Waals surface area contributed by atoms with Crippen LogP contribution in [0.4, 0.5) is 0 Å². The molecule has 0 fully saturated rings. The highest BCUT2D eigenvalue weighted by Crippen LogP contribution is 1.98. The van der Waals surface area contributed by atoms with Gasteiger partial charge in [0.1, 0.15) is 0 Å². The van der Waals surface area contributed by atoms with Gasteiger partial charge in [0.05, 0.1) is 0 Å². The molecule has 14 heavy (non-hydrogen) atoms. The molecule has 3 nitrogen and oxygen atoms in total. The molecule has 0 spiro atoms. The van der Waals surface area contributed by atoms with Crippen LogP contribution in [0.3, 0.4) is 0 Å². The van der Waals surface area contributed by atoms with Gasteiger partial charge in [0.25, 0.3) is 0 Å². The van der Waals surface area contributed by atoms with Crippen LogP contribution in [0.2, 0.25) is 0 Å². The third-order valence-electron chi connectivity index (χ3n) is 2.44. The molecular weight excluding hydrogens is 176 g/mol. The molecule has 0 bridgehead atoms. The highest BCUT2D eigenvalue weighted by atomic mass is 16.3. The molecule has 1 unspecified atom stereocenters. The van der Waals surface area contributed by atoms with Crippen LogP contribution in [-0.2, 0) is 0 Å². The number of hydrogen-bond acceptors (Lipinski definition) is 3. The molecule has 0 saturated heterocycles. The van der Waals surface area contributed by atoms with E-state index in [2.05, 4.69) is 31.0 Å². The van der Waals surface area contributed by atoms with Crippen molar-refractivity contribution in [2.45, 2.75) is 39.7 Å². The Morgan fingerprint density at radius 3 is 2.43 bits per heavy atom. The minimum absolute atomic E-state index is 0.279. The lowest BCUT2D eigenvalue weighted by atomic mass is 10.2. The van der Waals surface area contributed by atoms with Crippen molar-refractivity contribution in [3.63, 3.8) is 0 Å². The smallest absolute Gasteiger partial charge is 0.0446 e. The average Bonchev–Trinajstić information content (AvgIpc) is 2.18. The van der Waals surface area contributed by atoms with Crippen LogP contribution in [0.1, 0.15) is 33.6 Å². The summed E-state index contributed by atoms with van der Waals surface area (Å²) in [5.74, 6) is 0. The van der Waals surface area contributed by atoms with Gasteiger partial charge in [0, 0.05) is 19.2 Å². The zero-order chi connectivity index (χ0) is 10.8. The molecule has 0 heterocycles. The normalized spacial score (nSPS) is 13.5. The van der Waals surface area contributed by atoms with E-state index in [9.17, 15) is 0 Å². The van der Waals surface area contributed by atoms with Gasteiger partial charge >= 0.3 is 0 Å². The Kier molecular flexibility index (Phi) is 9.35. The Morgan fingerprint density at radius 1 is 1.29 bits per heavy atom. The van der Waals surface area contributed by atoms with E-state index in [1.807, 2.05) is 0 Å². The monoisotopic (exact) mass is 202 g/mol. The van der Waals surface area contributed by atoms with Crippen molar-refractivity contribution in [3.8, 4) is 0 Å². The Hall–Kier alpha value is -0.120. The minimum Gasteiger partial charge on any atom is -0.396 e. The van der Waals surface area contributed by atoms with Gasteiger partial charge in [-0.05, 0) is 32.5 Å². The fourth-order valence-corrected chi connectivity index (χ4v) is 1.71. The fourth-order valence-electron chi connectivity index (χ4n) is 1.71. The van der Waals surface area contributed by atoms with E-state index in [0.29, 0.717) is 6.04 Å². The number of nitrogens with zero attached hydrogens (tertiary/aromatic N) is 1. The molecule has 86 valence electrons. The zero-order valence-electron chi connectivity index (χ0n) is 9.92. The topological polar surface area (TPSA) is 35.5 Å². The molecule has 3 heteroatoms. The van der Waals surface area contributed by atoms with Crippen molar-refractivity contribution >= 4 is 0 Å². The second-order valence-electron chi connectivity index (χ2n) is 3.66. The summed E-state index contributed by atoms with van der Waals surface area (Å²) in [6.45, 7) is 11.1. The van der Waals surface area contributed by atoms with E-state index in [1.165, 1.54) is 6.42 Å². The molecule has 1 atom stereocenters. The first-order valence-electron chi connectivity index (χ1n) is 5.84. The molecule has 0 aromatic rings. The molecule has 0 aliphatic heterocycles. The average molecular weight is 202 g/mol. The summed E-state index contributed by atoms with van der Waals surface area (Å²) in [5.41, 5.74) is 0. The second-order valence-corrected chi connectivity index (χ2v) is 3.66. The zero-order valence-corrected chi connectivity index (χ0v) is 9.92. The molecule has 0 amide bonds.